The Bertz CT molecular complexity index is 491. The second-order valence-corrected chi connectivity index (χ2v) is 5.32. The molecule has 0 aliphatic carbocycles. The van der Waals surface area contributed by atoms with Crippen LogP contribution in [0.5, 0.6) is 0 Å². The first-order chi connectivity index (χ1) is 6.37. The maximum absolute atomic E-state index is 12.8. The van der Waals surface area contributed by atoms with E-state index in [-0.39, 0.29) is 0 Å². The summed E-state index contributed by atoms with van der Waals surface area (Å²) in [7, 11) is -3.35. The Morgan fingerprint density at radius 3 is 2.50 bits per heavy atom. The molecule has 0 radical (unpaired) electrons. The summed E-state index contributed by atoms with van der Waals surface area (Å²) in [5.74, 6) is 1.90. The number of benzene rings is 1. The summed E-state index contributed by atoms with van der Waals surface area (Å²) in [5, 5.41) is 2.03. The standard InChI is InChI=1S/C9H6BrFO2S/c1-14(12,13)3-2-7-4-8(10)6-9(11)5-7/h4-6H,1H3. The zero-order valence-corrected chi connectivity index (χ0v) is 9.62. The second kappa shape index (κ2) is 4.11. The van der Waals surface area contributed by atoms with E-state index in [9.17, 15) is 12.8 Å². The van der Waals surface area contributed by atoms with Crippen LogP contribution in [0.1, 0.15) is 5.56 Å². The van der Waals surface area contributed by atoms with Gasteiger partial charge in [0, 0.05) is 15.3 Å². The maximum atomic E-state index is 12.8. The largest absolute Gasteiger partial charge is 0.216 e. The van der Waals surface area contributed by atoms with Crippen molar-refractivity contribution < 1.29 is 12.8 Å². The van der Waals surface area contributed by atoms with Crippen LogP contribution in [0.25, 0.3) is 0 Å². The summed E-state index contributed by atoms with van der Waals surface area (Å²) < 4.78 is 34.7. The molecule has 1 aromatic carbocycles. The molecule has 0 aromatic heterocycles. The fourth-order valence-electron chi connectivity index (χ4n) is 0.778. The summed E-state index contributed by atoms with van der Waals surface area (Å²) in [6.07, 6.45) is 0.994. The van der Waals surface area contributed by atoms with Gasteiger partial charge in [-0.2, -0.15) is 0 Å². The average Bonchev–Trinajstić information content (AvgIpc) is 1.97. The van der Waals surface area contributed by atoms with Gasteiger partial charge in [-0.15, -0.1) is 0 Å². The molecule has 0 aliphatic rings. The first-order valence-electron chi connectivity index (χ1n) is 3.56. The fraction of sp³-hybridized carbons (Fsp3) is 0.111. The van der Waals surface area contributed by atoms with E-state index in [1.54, 1.807) is 6.07 Å². The number of hydrogen-bond donors (Lipinski definition) is 0. The lowest BCUT2D eigenvalue weighted by atomic mass is 10.2. The van der Waals surface area contributed by atoms with Crippen LogP contribution < -0.4 is 0 Å². The Balaban J connectivity index is 3.14. The van der Waals surface area contributed by atoms with Gasteiger partial charge in [0.1, 0.15) is 5.82 Å². The zero-order valence-electron chi connectivity index (χ0n) is 7.21. The molecule has 5 heteroatoms. The van der Waals surface area contributed by atoms with Crippen molar-refractivity contribution in [2.24, 2.45) is 0 Å². The summed E-state index contributed by atoms with van der Waals surface area (Å²) in [6, 6.07) is 3.98. The van der Waals surface area contributed by atoms with Gasteiger partial charge in [0.05, 0.1) is 6.26 Å². The van der Waals surface area contributed by atoms with Crippen LogP contribution >= 0.6 is 15.9 Å². The highest BCUT2D eigenvalue weighted by Gasteiger charge is 1.97. The molecular weight excluding hydrogens is 271 g/mol. The van der Waals surface area contributed by atoms with Crippen molar-refractivity contribution in [3.05, 3.63) is 34.1 Å². The van der Waals surface area contributed by atoms with Crippen molar-refractivity contribution in [3.8, 4) is 11.2 Å². The first-order valence-corrected chi connectivity index (χ1v) is 6.24. The second-order valence-electron chi connectivity index (χ2n) is 2.66. The lowest BCUT2D eigenvalue weighted by Crippen LogP contribution is -1.89. The Labute approximate surface area is 90.2 Å². The van der Waals surface area contributed by atoms with Gasteiger partial charge >= 0.3 is 0 Å². The highest BCUT2D eigenvalue weighted by molar-refractivity contribution is 9.10. The lowest BCUT2D eigenvalue weighted by Gasteiger charge is -1.93. The summed E-state index contributed by atoms with van der Waals surface area (Å²) >= 11 is 3.08. The highest BCUT2D eigenvalue weighted by Crippen LogP contribution is 2.13. The van der Waals surface area contributed by atoms with Crippen molar-refractivity contribution in [1.82, 2.24) is 0 Å². The topological polar surface area (TPSA) is 34.1 Å². The van der Waals surface area contributed by atoms with E-state index in [2.05, 4.69) is 21.9 Å². The molecule has 1 rings (SSSR count). The molecule has 0 fully saturated rings. The quantitative estimate of drug-likeness (QED) is 0.679. The minimum atomic E-state index is -3.35. The Kier molecular flexibility index (Phi) is 3.29. The van der Waals surface area contributed by atoms with Crippen LogP contribution in [0.2, 0.25) is 0 Å². The molecule has 0 saturated carbocycles. The number of sulfone groups is 1. The van der Waals surface area contributed by atoms with Crippen molar-refractivity contribution in [1.29, 1.82) is 0 Å². The van der Waals surface area contributed by atoms with Gasteiger partial charge in [0.2, 0.25) is 9.84 Å². The fourth-order valence-corrected chi connectivity index (χ4v) is 1.55. The van der Waals surface area contributed by atoms with Gasteiger partial charge in [0.25, 0.3) is 0 Å². The Morgan fingerprint density at radius 1 is 1.36 bits per heavy atom. The molecule has 0 heterocycles. The van der Waals surface area contributed by atoms with Gasteiger partial charge in [-0.25, -0.2) is 12.8 Å². The van der Waals surface area contributed by atoms with E-state index in [0.29, 0.717) is 10.0 Å². The Morgan fingerprint density at radius 2 is 2.00 bits per heavy atom. The molecule has 14 heavy (non-hydrogen) atoms. The molecule has 0 saturated heterocycles. The van der Waals surface area contributed by atoms with Gasteiger partial charge in [-0.1, -0.05) is 15.9 Å². The monoisotopic (exact) mass is 276 g/mol. The molecule has 1 aromatic rings. The van der Waals surface area contributed by atoms with Gasteiger partial charge < -0.3 is 0 Å². The molecule has 0 N–H and O–H groups in total. The van der Waals surface area contributed by atoms with E-state index >= 15 is 0 Å². The predicted octanol–water partition coefficient (Wildman–Crippen LogP) is 1.94. The van der Waals surface area contributed by atoms with Crippen LogP contribution in [0.4, 0.5) is 4.39 Å². The van der Waals surface area contributed by atoms with Gasteiger partial charge in [-0.3, -0.25) is 0 Å². The van der Waals surface area contributed by atoms with Crippen LogP contribution in [-0.4, -0.2) is 14.7 Å². The third kappa shape index (κ3) is 3.90. The maximum Gasteiger partial charge on any atom is 0.214 e. The summed E-state index contributed by atoms with van der Waals surface area (Å²) in [6.45, 7) is 0. The number of hydrogen-bond acceptors (Lipinski definition) is 2. The third-order valence-electron chi connectivity index (χ3n) is 1.24. The minimum absolute atomic E-state index is 0.322. The SMILES string of the molecule is CS(=O)(=O)C#Cc1cc(F)cc(Br)c1. The van der Waals surface area contributed by atoms with Crippen LogP contribution in [-0.2, 0) is 9.84 Å². The molecule has 74 valence electrons. The van der Waals surface area contributed by atoms with Crippen LogP contribution in [0.3, 0.4) is 0 Å². The summed E-state index contributed by atoms with van der Waals surface area (Å²) in [4.78, 5) is 0. The highest BCUT2D eigenvalue weighted by atomic mass is 79.9. The lowest BCUT2D eigenvalue weighted by molar-refractivity contribution is 0.611. The van der Waals surface area contributed by atoms with Crippen molar-refractivity contribution in [3.63, 3.8) is 0 Å². The minimum Gasteiger partial charge on any atom is -0.216 e. The van der Waals surface area contributed by atoms with Gasteiger partial charge in [-0.05, 0) is 24.1 Å². The molecule has 0 aliphatic heterocycles. The van der Waals surface area contributed by atoms with Gasteiger partial charge in [0.15, 0.2) is 0 Å². The molecule has 0 atom stereocenters. The van der Waals surface area contributed by atoms with Crippen molar-refractivity contribution in [2.45, 2.75) is 0 Å². The molecule has 2 nitrogen and oxygen atoms in total. The van der Waals surface area contributed by atoms with E-state index in [0.717, 1.165) is 6.26 Å². The smallest absolute Gasteiger partial charge is 0.214 e. The normalized spacial score (nSPS) is 10.5. The predicted molar refractivity (Wildman–Crippen MR) is 55.8 cm³/mol. The molecule has 0 spiro atoms. The van der Waals surface area contributed by atoms with E-state index < -0.39 is 15.7 Å². The molecule has 0 unspecified atom stereocenters. The van der Waals surface area contributed by atoms with Crippen LogP contribution in [0.15, 0.2) is 22.7 Å². The first kappa shape index (κ1) is 11.2. The van der Waals surface area contributed by atoms with E-state index in [1.807, 2.05) is 5.25 Å². The van der Waals surface area contributed by atoms with E-state index in [1.165, 1.54) is 12.1 Å². The Hall–Kier alpha value is -0.860. The van der Waals surface area contributed by atoms with E-state index in [4.69, 9.17) is 0 Å². The third-order valence-corrected chi connectivity index (χ3v) is 2.17. The molecule has 0 amide bonds. The zero-order chi connectivity index (χ0) is 10.8. The number of rotatable bonds is 0. The summed E-state index contributed by atoms with van der Waals surface area (Å²) in [5.41, 5.74) is 0.322. The van der Waals surface area contributed by atoms with Crippen molar-refractivity contribution in [2.75, 3.05) is 6.26 Å². The molecular formula is C9H6BrFO2S. The molecule has 0 bridgehead atoms. The average molecular weight is 277 g/mol. The van der Waals surface area contributed by atoms with Crippen molar-refractivity contribution >= 4 is 25.8 Å². The van der Waals surface area contributed by atoms with Crippen LogP contribution in [0, 0.1) is 17.0 Å². The number of halogens is 2.